The summed E-state index contributed by atoms with van der Waals surface area (Å²) in [5.74, 6) is 0. The molecule has 0 bridgehead atoms. The molecule has 0 unspecified atom stereocenters. The topological polar surface area (TPSA) is 3.24 Å². The zero-order chi connectivity index (χ0) is 46.0. The van der Waals surface area contributed by atoms with Crippen LogP contribution >= 0.6 is 0 Å². The number of hydrogen-bond donors (Lipinski definition) is 0. The molecule has 0 aliphatic heterocycles. The zero-order valence-electron chi connectivity index (χ0n) is 40.0. The molecule has 9 aromatic carbocycles. The van der Waals surface area contributed by atoms with E-state index in [2.05, 4.69) is 260 Å². The van der Waals surface area contributed by atoms with Gasteiger partial charge in [0.15, 0.2) is 0 Å². The fraction of sp³-hybridized carbons (Fsp3) is 0.182. The van der Waals surface area contributed by atoms with Gasteiger partial charge in [0.05, 0.1) is 5.41 Å². The van der Waals surface area contributed by atoms with Crippen LogP contribution in [-0.2, 0) is 21.7 Å². The van der Waals surface area contributed by atoms with Gasteiger partial charge in [0.25, 0.3) is 0 Å². The van der Waals surface area contributed by atoms with Gasteiger partial charge in [0.2, 0.25) is 0 Å². The standard InChI is InChI=1S/C66H57N/c1-63(2,3)45-30-35-53-54-36-31-46(64(4,5)6)40-61(54)66(60(53)39-45)57-26-15-13-23-55(57)62-50(24-17-27-58(62)66)44-20-16-21-48(38-44)67(47-32-28-43(29-33-47)42-18-10-9-11-19-42)49-34-37-52-51-22-12-14-25-56(51)65(7,8)59(52)41-49/h9-41H,1-8H3. The molecule has 3 aliphatic rings. The predicted octanol–water partition coefficient (Wildman–Crippen LogP) is 17.7. The Kier molecular flexibility index (Phi) is 9.01. The predicted molar refractivity (Wildman–Crippen MR) is 283 cm³/mol. The van der Waals surface area contributed by atoms with Crippen molar-refractivity contribution in [3.05, 3.63) is 245 Å². The Hall–Kier alpha value is -7.22. The van der Waals surface area contributed by atoms with Gasteiger partial charge in [-0.1, -0.05) is 219 Å². The quantitative estimate of drug-likeness (QED) is 0.167. The molecule has 1 nitrogen and oxygen atoms in total. The molecule has 0 heterocycles. The smallest absolute Gasteiger partial charge is 0.0725 e. The number of hydrogen-bond acceptors (Lipinski definition) is 1. The van der Waals surface area contributed by atoms with Crippen molar-refractivity contribution in [1.82, 2.24) is 0 Å². The van der Waals surface area contributed by atoms with Gasteiger partial charge in [0, 0.05) is 22.5 Å². The minimum atomic E-state index is -0.464. The van der Waals surface area contributed by atoms with Crippen molar-refractivity contribution in [3.63, 3.8) is 0 Å². The minimum Gasteiger partial charge on any atom is -0.310 e. The third-order valence-corrected chi connectivity index (χ3v) is 15.4. The van der Waals surface area contributed by atoms with E-state index in [4.69, 9.17) is 0 Å². The second-order valence-electron chi connectivity index (χ2n) is 21.7. The van der Waals surface area contributed by atoms with E-state index in [1.54, 1.807) is 0 Å². The molecule has 9 aromatic rings. The maximum Gasteiger partial charge on any atom is 0.0725 e. The maximum absolute atomic E-state index is 2.54. The Bertz CT molecular complexity index is 3380. The monoisotopic (exact) mass is 863 g/mol. The highest BCUT2D eigenvalue weighted by molar-refractivity contribution is 6.00. The fourth-order valence-corrected chi connectivity index (χ4v) is 11.9. The van der Waals surface area contributed by atoms with Crippen molar-refractivity contribution in [2.24, 2.45) is 0 Å². The summed E-state index contributed by atoms with van der Waals surface area (Å²) in [6.45, 7) is 18.8. The molecule has 3 aliphatic carbocycles. The van der Waals surface area contributed by atoms with E-state index in [-0.39, 0.29) is 16.2 Å². The van der Waals surface area contributed by atoms with Crippen LogP contribution in [0.4, 0.5) is 17.1 Å². The summed E-state index contributed by atoms with van der Waals surface area (Å²) < 4.78 is 0. The first-order valence-electron chi connectivity index (χ1n) is 24.1. The Balaban J connectivity index is 1.06. The molecule has 326 valence electrons. The summed E-state index contributed by atoms with van der Waals surface area (Å²) in [5, 5.41) is 0. The Morgan fingerprint density at radius 1 is 0.313 bits per heavy atom. The lowest BCUT2D eigenvalue weighted by Gasteiger charge is -2.33. The van der Waals surface area contributed by atoms with Gasteiger partial charge in [0.1, 0.15) is 0 Å². The van der Waals surface area contributed by atoms with E-state index < -0.39 is 5.41 Å². The third kappa shape index (κ3) is 6.13. The summed E-state index contributed by atoms with van der Waals surface area (Å²) >= 11 is 0. The first-order valence-corrected chi connectivity index (χ1v) is 24.1. The van der Waals surface area contributed by atoms with E-state index in [1.165, 1.54) is 100 Å². The van der Waals surface area contributed by atoms with Crippen molar-refractivity contribution in [2.45, 2.75) is 77.0 Å². The molecule has 1 heteroatoms. The number of benzene rings is 9. The minimum absolute atomic E-state index is 0.00287. The first-order chi connectivity index (χ1) is 32.2. The van der Waals surface area contributed by atoms with Crippen LogP contribution in [0, 0.1) is 0 Å². The zero-order valence-corrected chi connectivity index (χ0v) is 40.0. The normalized spacial score (nSPS) is 14.5. The second-order valence-corrected chi connectivity index (χ2v) is 21.7. The van der Waals surface area contributed by atoms with E-state index >= 15 is 0 Å². The number of fused-ring (bicyclic) bond motifs is 13. The second kappa shape index (κ2) is 14.6. The van der Waals surface area contributed by atoms with Crippen molar-refractivity contribution < 1.29 is 0 Å². The van der Waals surface area contributed by atoms with Crippen molar-refractivity contribution in [3.8, 4) is 55.6 Å². The number of rotatable bonds is 5. The molecule has 0 saturated carbocycles. The van der Waals surface area contributed by atoms with Crippen LogP contribution in [0.25, 0.3) is 55.6 Å². The average molecular weight is 864 g/mol. The van der Waals surface area contributed by atoms with Crippen molar-refractivity contribution >= 4 is 17.1 Å². The molecule has 0 radical (unpaired) electrons. The van der Waals surface area contributed by atoms with Gasteiger partial charge in [-0.05, 0) is 147 Å². The lowest BCUT2D eigenvalue weighted by molar-refractivity contribution is 0.586. The van der Waals surface area contributed by atoms with Crippen LogP contribution in [-0.4, -0.2) is 0 Å². The molecule has 0 N–H and O–H groups in total. The first kappa shape index (κ1) is 41.2. The van der Waals surface area contributed by atoms with Gasteiger partial charge in [-0.3, -0.25) is 0 Å². The molecule has 0 aromatic heterocycles. The summed E-state index contributed by atoms with van der Waals surface area (Å²) in [6.07, 6.45) is 0. The van der Waals surface area contributed by atoms with Crippen molar-refractivity contribution in [2.75, 3.05) is 4.90 Å². The molecule has 1 spiro atoms. The van der Waals surface area contributed by atoms with E-state index in [9.17, 15) is 0 Å². The highest BCUT2D eigenvalue weighted by Gasteiger charge is 2.53. The summed E-state index contributed by atoms with van der Waals surface area (Å²) in [5.41, 5.74) is 26.6. The lowest BCUT2D eigenvalue weighted by atomic mass is 9.68. The average Bonchev–Trinajstić information content (AvgIpc) is 3.89. The molecule has 12 rings (SSSR count). The molecule has 0 amide bonds. The highest BCUT2D eigenvalue weighted by atomic mass is 15.1. The molecule has 67 heavy (non-hydrogen) atoms. The third-order valence-electron chi connectivity index (χ3n) is 15.4. The summed E-state index contributed by atoms with van der Waals surface area (Å²) in [6, 6.07) is 76.1. The highest BCUT2D eigenvalue weighted by Crippen LogP contribution is 2.65. The van der Waals surface area contributed by atoms with Crippen LogP contribution in [0.2, 0.25) is 0 Å². The number of nitrogens with zero attached hydrogens (tertiary/aromatic N) is 1. The van der Waals surface area contributed by atoms with E-state index in [1.807, 2.05) is 0 Å². The molecule has 0 saturated heterocycles. The lowest BCUT2D eigenvalue weighted by Crippen LogP contribution is -2.27. The molecule has 0 atom stereocenters. The SMILES string of the molecule is CC(C)(C)c1ccc2c(c1)C1(c3cc(C(C)(C)C)ccc3-2)c2ccccc2-c2c(-c3cccc(N(c4ccc(-c5ccccc5)cc4)c4ccc5c(c4)C(C)(C)c4ccccc4-5)c3)cccc21. The van der Waals surface area contributed by atoms with Gasteiger partial charge in [-0.2, -0.15) is 0 Å². The van der Waals surface area contributed by atoms with Crippen molar-refractivity contribution in [1.29, 1.82) is 0 Å². The van der Waals surface area contributed by atoms with E-state index in [0.29, 0.717) is 0 Å². The molecular weight excluding hydrogens is 807 g/mol. The summed E-state index contributed by atoms with van der Waals surface area (Å²) in [7, 11) is 0. The van der Waals surface area contributed by atoms with Crippen LogP contribution in [0.15, 0.2) is 200 Å². The maximum atomic E-state index is 2.54. The molecular formula is C66H57N. The Labute approximate surface area is 397 Å². The fourth-order valence-electron chi connectivity index (χ4n) is 11.9. The van der Waals surface area contributed by atoms with Gasteiger partial charge >= 0.3 is 0 Å². The van der Waals surface area contributed by atoms with Crippen LogP contribution in [0.5, 0.6) is 0 Å². The van der Waals surface area contributed by atoms with Crippen LogP contribution < -0.4 is 4.90 Å². The van der Waals surface area contributed by atoms with Gasteiger partial charge < -0.3 is 4.90 Å². The Morgan fingerprint density at radius 2 is 0.791 bits per heavy atom. The Morgan fingerprint density at radius 3 is 1.46 bits per heavy atom. The molecule has 0 fully saturated rings. The van der Waals surface area contributed by atoms with Gasteiger partial charge in [-0.15, -0.1) is 0 Å². The number of anilines is 3. The largest absolute Gasteiger partial charge is 0.310 e. The summed E-state index contributed by atoms with van der Waals surface area (Å²) in [4.78, 5) is 2.46. The van der Waals surface area contributed by atoms with Crippen LogP contribution in [0.1, 0.15) is 99.9 Å². The van der Waals surface area contributed by atoms with Crippen LogP contribution in [0.3, 0.4) is 0 Å². The van der Waals surface area contributed by atoms with Gasteiger partial charge in [-0.25, -0.2) is 0 Å². The van der Waals surface area contributed by atoms with E-state index in [0.717, 1.165) is 17.1 Å².